The molecule has 7 heteroatoms. The number of nitrogens with two attached hydrogens (primary N) is 1. The third-order valence-corrected chi connectivity index (χ3v) is 3.17. The zero-order valence-electron chi connectivity index (χ0n) is 8.73. The first-order valence-electron chi connectivity index (χ1n) is 4.84. The number of amides is 1. The lowest BCUT2D eigenvalue weighted by atomic mass is 10.3. The van der Waals surface area contributed by atoms with Crippen molar-refractivity contribution < 1.29 is 9.53 Å². The molecule has 1 aliphatic heterocycles. The van der Waals surface area contributed by atoms with E-state index >= 15 is 0 Å². The number of carbonyl (C=O) groups is 1. The Bertz CT molecular complexity index is 438. The summed E-state index contributed by atoms with van der Waals surface area (Å²) in [5.41, 5.74) is 7.32. The van der Waals surface area contributed by atoms with Crippen LogP contribution in [0.3, 0.4) is 0 Å². The minimum absolute atomic E-state index is 0.244. The van der Waals surface area contributed by atoms with Crippen LogP contribution in [0.4, 0.5) is 10.7 Å². The summed E-state index contributed by atoms with van der Waals surface area (Å²) in [7, 11) is 0. The number of nitrogen functional groups attached to an aromatic ring is 1. The van der Waals surface area contributed by atoms with E-state index in [4.69, 9.17) is 10.5 Å². The van der Waals surface area contributed by atoms with Crippen molar-refractivity contribution in [2.45, 2.75) is 20.0 Å². The number of ether oxygens (including phenoxy) is 1. The molecule has 2 rings (SSSR count). The highest BCUT2D eigenvalue weighted by molar-refractivity contribution is 14.1. The van der Waals surface area contributed by atoms with E-state index in [1.54, 1.807) is 11.8 Å². The normalized spacial score (nSPS) is 13.8. The molecule has 1 aromatic rings. The second kappa shape index (κ2) is 4.40. The number of fused-ring (bicyclic) bond motifs is 1. The van der Waals surface area contributed by atoms with Gasteiger partial charge in [-0.2, -0.15) is 0 Å². The topological polar surface area (TPSA) is 81.3 Å². The lowest BCUT2D eigenvalue weighted by Crippen LogP contribution is -2.26. The van der Waals surface area contributed by atoms with Crippen LogP contribution in [0, 0.1) is 3.70 Å². The molecule has 1 aromatic heterocycles. The minimum Gasteiger partial charge on any atom is -0.450 e. The van der Waals surface area contributed by atoms with Gasteiger partial charge < -0.3 is 10.5 Å². The first kappa shape index (κ1) is 11.4. The molecule has 0 aromatic carbocycles. The van der Waals surface area contributed by atoms with Crippen LogP contribution in [-0.4, -0.2) is 27.6 Å². The predicted octanol–water partition coefficient (Wildman–Crippen LogP) is 1.14. The number of hydrogen-bond acceptors (Lipinski definition) is 5. The molecule has 0 atom stereocenters. The molecule has 0 saturated heterocycles. The Morgan fingerprint density at radius 1 is 1.56 bits per heavy atom. The number of carbonyl (C=O) groups excluding carboxylic acids is 1. The SMILES string of the molecule is CCOC(=O)N1Cc2nc(N)nc(I)c2C1. The molecular weight excluding hydrogens is 323 g/mol. The first-order chi connectivity index (χ1) is 7.61. The smallest absolute Gasteiger partial charge is 0.410 e. The minimum atomic E-state index is -0.324. The molecule has 0 spiro atoms. The Kier molecular flexibility index (Phi) is 3.13. The quantitative estimate of drug-likeness (QED) is 0.615. The molecule has 86 valence electrons. The number of halogens is 1. The maximum atomic E-state index is 11.5. The molecular formula is C9H11IN4O2. The molecule has 0 saturated carbocycles. The van der Waals surface area contributed by atoms with Crippen molar-refractivity contribution in [1.82, 2.24) is 14.9 Å². The van der Waals surface area contributed by atoms with Gasteiger partial charge in [0.15, 0.2) is 0 Å². The molecule has 1 amide bonds. The summed E-state index contributed by atoms with van der Waals surface area (Å²) in [5.74, 6) is 0.244. The van der Waals surface area contributed by atoms with Crippen LogP contribution >= 0.6 is 22.6 Å². The standard InChI is InChI=1S/C9H11IN4O2/c1-2-16-9(15)14-3-5-6(4-14)12-8(11)13-7(5)10/h2-4H2,1H3,(H2,11,12,13). The summed E-state index contributed by atoms with van der Waals surface area (Å²) in [6.45, 7) is 3.09. The van der Waals surface area contributed by atoms with Crippen molar-refractivity contribution >= 4 is 34.6 Å². The van der Waals surface area contributed by atoms with E-state index in [2.05, 4.69) is 32.6 Å². The Labute approximate surface area is 106 Å². The highest BCUT2D eigenvalue weighted by Gasteiger charge is 2.28. The molecule has 2 heterocycles. The summed E-state index contributed by atoms with van der Waals surface area (Å²) < 4.78 is 5.73. The molecule has 1 aliphatic rings. The van der Waals surface area contributed by atoms with Crippen molar-refractivity contribution in [2.75, 3.05) is 12.3 Å². The fourth-order valence-corrected chi connectivity index (χ4v) is 2.31. The largest absolute Gasteiger partial charge is 0.450 e. The Morgan fingerprint density at radius 2 is 2.31 bits per heavy atom. The van der Waals surface area contributed by atoms with Crippen molar-refractivity contribution in [2.24, 2.45) is 0 Å². The average molecular weight is 334 g/mol. The van der Waals surface area contributed by atoms with Crippen molar-refractivity contribution in [3.05, 3.63) is 15.0 Å². The highest BCUT2D eigenvalue weighted by atomic mass is 127. The van der Waals surface area contributed by atoms with Crippen LogP contribution in [0.5, 0.6) is 0 Å². The summed E-state index contributed by atoms with van der Waals surface area (Å²) in [4.78, 5) is 21.3. The zero-order valence-corrected chi connectivity index (χ0v) is 10.9. The Hall–Kier alpha value is -1.12. The van der Waals surface area contributed by atoms with Crippen LogP contribution in [0.15, 0.2) is 0 Å². The second-order valence-electron chi connectivity index (χ2n) is 3.35. The molecule has 6 nitrogen and oxygen atoms in total. The molecule has 16 heavy (non-hydrogen) atoms. The van der Waals surface area contributed by atoms with Gasteiger partial charge in [0, 0.05) is 5.56 Å². The van der Waals surface area contributed by atoms with E-state index in [1.807, 2.05) is 0 Å². The molecule has 2 N–H and O–H groups in total. The molecule has 0 radical (unpaired) electrons. The molecule has 0 bridgehead atoms. The Morgan fingerprint density at radius 3 is 3.00 bits per heavy atom. The van der Waals surface area contributed by atoms with E-state index in [9.17, 15) is 4.79 Å². The highest BCUT2D eigenvalue weighted by Crippen LogP contribution is 2.25. The summed E-state index contributed by atoms with van der Waals surface area (Å²) in [6.07, 6.45) is -0.324. The average Bonchev–Trinajstić information content (AvgIpc) is 2.62. The van der Waals surface area contributed by atoms with E-state index in [1.165, 1.54) is 0 Å². The van der Waals surface area contributed by atoms with Crippen molar-refractivity contribution in [3.63, 3.8) is 0 Å². The number of aromatic nitrogens is 2. The zero-order chi connectivity index (χ0) is 11.7. The third-order valence-electron chi connectivity index (χ3n) is 2.28. The summed E-state index contributed by atoms with van der Waals surface area (Å²) in [6, 6.07) is 0. The van der Waals surface area contributed by atoms with Crippen LogP contribution < -0.4 is 5.73 Å². The van der Waals surface area contributed by atoms with Gasteiger partial charge in [-0.3, -0.25) is 4.90 Å². The van der Waals surface area contributed by atoms with Gasteiger partial charge in [0.05, 0.1) is 25.4 Å². The van der Waals surface area contributed by atoms with E-state index in [-0.39, 0.29) is 12.0 Å². The van der Waals surface area contributed by atoms with Crippen molar-refractivity contribution in [3.8, 4) is 0 Å². The lowest BCUT2D eigenvalue weighted by molar-refractivity contribution is 0.106. The monoisotopic (exact) mass is 334 g/mol. The number of anilines is 1. The van der Waals surface area contributed by atoms with Gasteiger partial charge in [0.1, 0.15) is 3.70 Å². The predicted molar refractivity (Wildman–Crippen MR) is 65.4 cm³/mol. The third kappa shape index (κ3) is 2.04. The summed E-state index contributed by atoms with van der Waals surface area (Å²) in [5, 5.41) is 0. The van der Waals surface area contributed by atoms with Gasteiger partial charge in [0.2, 0.25) is 5.95 Å². The van der Waals surface area contributed by atoms with Crippen LogP contribution in [0.1, 0.15) is 18.2 Å². The summed E-state index contributed by atoms with van der Waals surface area (Å²) >= 11 is 2.10. The van der Waals surface area contributed by atoms with E-state index in [0.29, 0.717) is 19.7 Å². The van der Waals surface area contributed by atoms with Gasteiger partial charge in [0.25, 0.3) is 0 Å². The molecule has 0 unspecified atom stereocenters. The van der Waals surface area contributed by atoms with Crippen LogP contribution in [0.2, 0.25) is 0 Å². The van der Waals surface area contributed by atoms with Gasteiger partial charge in [-0.25, -0.2) is 14.8 Å². The Balaban J connectivity index is 2.21. The fourth-order valence-electron chi connectivity index (χ4n) is 1.58. The molecule has 0 fully saturated rings. The van der Waals surface area contributed by atoms with E-state index < -0.39 is 0 Å². The molecule has 0 aliphatic carbocycles. The second-order valence-corrected chi connectivity index (χ2v) is 4.37. The lowest BCUT2D eigenvalue weighted by Gasteiger charge is -2.13. The van der Waals surface area contributed by atoms with Gasteiger partial charge in [-0.1, -0.05) is 0 Å². The number of nitrogens with zero attached hydrogens (tertiary/aromatic N) is 3. The number of rotatable bonds is 1. The van der Waals surface area contributed by atoms with Crippen molar-refractivity contribution in [1.29, 1.82) is 0 Å². The van der Waals surface area contributed by atoms with E-state index in [0.717, 1.165) is 15.0 Å². The maximum absolute atomic E-state index is 11.5. The fraction of sp³-hybridized carbons (Fsp3) is 0.444. The van der Waals surface area contributed by atoms with Crippen LogP contribution in [0.25, 0.3) is 0 Å². The van der Waals surface area contributed by atoms with Gasteiger partial charge in [-0.15, -0.1) is 0 Å². The van der Waals surface area contributed by atoms with Gasteiger partial charge in [-0.05, 0) is 29.5 Å². The van der Waals surface area contributed by atoms with Crippen LogP contribution in [-0.2, 0) is 17.8 Å². The number of hydrogen-bond donors (Lipinski definition) is 1. The first-order valence-corrected chi connectivity index (χ1v) is 5.92. The maximum Gasteiger partial charge on any atom is 0.410 e. The van der Waals surface area contributed by atoms with Gasteiger partial charge >= 0.3 is 6.09 Å².